The second kappa shape index (κ2) is 5.11. The zero-order valence-electron chi connectivity index (χ0n) is 10.8. The lowest BCUT2D eigenvalue weighted by molar-refractivity contribution is 0.714. The lowest BCUT2D eigenvalue weighted by atomic mass is 10.0. The fourth-order valence-corrected chi connectivity index (χ4v) is 3.18. The third-order valence-electron chi connectivity index (χ3n) is 3.33. The van der Waals surface area contributed by atoms with Crippen LogP contribution in [-0.4, -0.2) is 4.98 Å². The maximum absolute atomic E-state index is 6.31. The fraction of sp³-hybridized carbons (Fsp3) is 0.188. The summed E-state index contributed by atoms with van der Waals surface area (Å²) in [5.41, 5.74) is 9.94. The van der Waals surface area contributed by atoms with Crippen LogP contribution < -0.4 is 5.73 Å². The number of aromatic nitrogens is 1. The highest BCUT2D eigenvalue weighted by Crippen LogP contribution is 2.27. The molecule has 19 heavy (non-hydrogen) atoms. The van der Waals surface area contributed by atoms with Gasteiger partial charge >= 0.3 is 0 Å². The first-order chi connectivity index (χ1) is 9.24. The Morgan fingerprint density at radius 2 is 1.84 bits per heavy atom. The Bertz CT molecular complexity index is 670. The molecule has 0 saturated carbocycles. The van der Waals surface area contributed by atoms with E-state index in [1.807, 2.05) is 18.2 Å². The molecule has 0 aliphatic carbocycles. The van der Waals surface area contributed by atoms with Crippen molar-refractivity contribution < 1.29 is 0 Å². The summed E-state index contributed by atoms with van der Waals surface area (Å²) < 4.78 is 1.21. The molecule has 3 heteroatoms. The Morgan fingerprint density at radius 3 is 2.63 bits per heavy atom. The molecule has 2 aromatic carbocycles. The summed E-state index contributed by atoms with van der Waals surface area (Å²) in [7, 11) is 0. The Balaban J connectivity index is 1.87. The molecule has 1 atom stereocenters. The van der Waals surface area contributed by atoms with Gasteiger partial charge in [-0.05, 0) is 36.6 Å². The lowest BCUT2D eigenvalue weighted by Crippen LogP contribution is -2.13. The number of nitrogens with two attached hydrogens (primary N) is 1. The van der Waals surface area contributed by atoms with E-state index in [1.165, 1.54) is 15.8 Å². The first-order valence-corrected chi connectivity index (χ1v) is 7.21. The van der Waals surface area contributed by atoms with Gasteiger partial charge in [-0.25, -0.2) is 4.98 Å². The Morgan fingerprint density at radius 1 is 1.11 bits per heavy atom. The summed E-state index contributed by atoms with van der Waals surface area (Å²) in [4.78, 5) is 4.63. The van der Waals surface area contributed by atoms with Crippen LogP contribution >= 0.6 is 11.3 Å². The molecule has 0 aliphatic rings. The zero-order chi connectivity index (χ0) is 13.2. The molecule has 3 rings (SSSR count). The van der Waals surface area contributed by atoms with E-state index in [0.717, 1.165) is 16.9 Å². The monoisotopic (exact) mass is 268 g/mol. The highest BCUT2D eigenvalue weighted by atomic mass is 32.1. The predicted molar refractivity (Wildman–Crippen MR) is 81.4 cm³/mol. The number of nitrogens with zero attached hydrogens (tertiary/aromatic N) is 1. The van der Waals surface area contributed by atoms with E-state index in [-0.39, 0.29) is 6.04 Å². The van der Waals surface area contributed by atoms with Crippen LogP contribution in [0.25, 0.3) is 10.2 Å². The number of thiazole rings is 1. The summed E-state index contributed by atoms with van der Waals surface area (Å²) in [6, 6.07) is 16.5. The molecule has 0 amide bonds. The zero-order valence-corrected chi connectivity index (χ0v) is 11.7. The molecule has 0 aliphatic heterocycles. The van der Waals surface area contributed by atoms with Gasteiger partial charge in [-0.1, -0.05) is 36.4 Å². The second-order valence-corrected chi connectivity index (χ2v) is 5.82. The van der Waals surface area contributed by atoms with Crippen LogP contribution in [0.5, 0.6) is 0 Å². The van der Waals surface area contributed by atoms with Gasteiger partial charge in [0.2, 0.25) is 0 Å². The Hall–Kier alpha value is -1.71. The average molecular weight is 268 g/mol. The van der Waals surface area contributed by atoms with Crippen molar-refractivity contribution in [3.63, 3.8) is 0 Å². The molecule has 2 nitrogen and oxygen atoms in total. The first-order valence-electron chi connectivity index (χ1n) is 6.39. The van der Waals surface area contributed by atoms with Gasteiger partial charge in [-0.15, -0.1) is 11.3 Å². The summed E-state index contributed by atoms with van der Waals surface area (Å²) in [6.07, 6.45) is 0.840. The van der Waals surface area contributed by atoms with Crippen molar-refractivity contribution in [3.8, 4) is 0 Å². The second-order valence-electron chi connectivity index (χ2n) is 4.76. The SMILES string of the molecule is Cc1ccccc1CC(N)c1nc2ccccc2s1. The van der Waals surface area contributed by atoms with Gasteiger partial charge in [-0.3, -0.25) is 0 Å². The van der Waals surface area contributed by atoms with Crippen LogP contribution in [0.15, 0.2) is 48.5 Å². The number of rotatable bonds is 3. The lowest BCUT2D eigenvalue weighted by Gasteiger charge is -2.10. The number of benzene rings is 2. The van der Waals surface area contributed by atoms with E-state index in [1.54, 1.807) is 11.3 Å². The molecule has 0 bridgehead atoms. The molecule has 0 radical (unpaired) electrons. The standard InChI is InChI=1S/C16H16N2S/c1-11-6-2-3-7-12(11)10-13(17)16-18-14-8-4-5-9-15(14)19-16/h2-9,13H,10,17H2,1H3. The average Bonchev–Trinajstić information content (AvgIpc) is 2.85. The van der Waals surface area contributed by atoms with E-state index in [2.05, 4.69) is 42.2 Å². The van der Waals surface area contributed by atoms with Crippen molar-refractivity contribution in [2.75, 3.05) is 0 Å². The van der Waals surface area contributed by atoms with Crippen molar-refractivity contribution in [2.45, 2.75) is 19.4 Å². The van der Waals surface area contributed by atoms with Gasteiger partial charge in [-0.2, -0.15) is 0 Å². The number of para-hydroxylation sites is 1. The summed E-state index contributed by atoms with van der Waals surface area (Å²) in [5, 5.41) is 1.02. The maximum Gasteiger partial charge on any atom is 0.111 e. The van der Waals surface area contributed by atoms with Crippen LogP contribution in [0, 0.1) is 6.92 Å². The van der Waals surface area contributed by atoms with Crippen LogP contribution in [0.1, 0.15) is 22.2 Å². The van der Waals surface area contributed by atoms with Crippen LogP contribution in [0.2, 0.25) is 0 Å². The van der Waals surface area contributed by atoms with E-state index < -0.39 is 0 Å². The molecule has 0 fully saturated rings. The summed E-state index contributed by atoms with van der Waals surface area (Å²) in [6.45, 7) is 2.13. The molecule has 1 heterocycles. The third kappa shape index (κ3) is 2.53. The molecule has 1 aromatic heterocycles. The largest absolute Gasteiger partial charge is 0.322 e. The highest BCUT2D eigenvalue weighted by molar-refractivity contribution is 7.18. The van der Waals surface area contributed by atoms with Crippen molar-refractivity contribution in [1.82, 2.24) is 4.98 Å². The van der Waals surface area contributed by atoms with Gasteiger partial charge < -0.3 is 5.73 Å². The summed E-state index contributed by atoms with van der Waals surface area (Å²) >= 11 is 1.69. The van der Waals surface area contributed by atoms with Gasteiger partial charge in [0, 0.05) is 0 Å². The number of fused-ring (bicyclic) bond motifs is 1. The number of aryl methyl sites for hydroxylation is 1. The quantitative estimate of drug-likeness (QED) is 0.783. The fourth-order valence-electron chi connectivity index (χ4n) is 2.21. The molecule has 0 saturated heterocycles. The van der Waals surface area contributed by atoms with Crippen molar-refractivity contribution in [1.29, 1.82) is 0 Å². The normalized spacial score (nSPS) is 12.7. The van der Waals surface area contributed by atoms with Crippen LogP contribution in [0.4, 0.5) is 0 Å². The first kappa shape index (κ1) is 12.3. The molecule has 0 spiro atoms. The van der Waals surface area contributed by atoms with E-state index in [9.17, 15) is 0 Å². The minimum absolute atomic E-state index is 0.0292. The van der Waals surface area contributed by atoms with E-state index >= 15 is 0 Å². The number of hydrogen-bond donors (Lipinski definition) is 1. The molecule has 1 unspecified atom stereocenters. The molecule has 96 valence electrons. The number of hydrogen-bond acceptors (Lipinski definition) is 3. The molecular formula is C16H16N2S. The Labute approximate surface area is 116 Å². The van der Waals surface area contributed by atoms with Gasteiger partial charge in [0.05, 0.1) is 16.3 Å². The van der Waals surface area contributed by atoms with Crippen molar-refractivity contribution in [3.05, 3.63) is 64.7 Å². The minimum Gasteiger partial charge on any atom is -0.322 e. The summed E-state index contributed by atoms with van der Waals surface area (Å²) in [5.74, 6) is 0. The van der Waals surface area contributed by atoms with Crippen LogP contribution in [0.3, 0.4) is 0 Å². The van der Waals surface area contributed by atoms with Gasteiger partial charge in [0.15, 0.2) is 0 Å². The minimum atomic E-state index is -0.0292. The Kier molecular flexibility index (Phi) is 3.32. The van der Waals surface area contributed by atoms with Crippen molar-refractivity contribution in [2.24, 2.45) is 5.73 Å². The predicted octanol–water partition coefficient (Wildman–Crippen LogP) is 3.85. The molecule has 2 N–H and O–H groups in total. The molecule has 3 aromatic rings. The van der Waals surface area contributed by atoms with Gasteiger partial charge in [0.25, 0.3) is 0 Å². The van der Waals surface area contributed by atoms with Crippen molar-refractivity contribution >= 4 is 21.6 Å². The van der Waals surface area contributed by atoms with E-state index in [0.29, 0.717) is 0 Å². The van der Waals surface area contributed by atoms with Crippen LogP contribution in [-0.2, 0) is 6.42 Å². The topological polar surface area (TPSA) is 38.9 Å². The van der Waals surface area contributed by atoms with E-state index in [4.69, 9.17) is 5.73 Å². The molecular weight excluding hydrogens is 252 g/mol. The third-order valence-corrected chi connectivity index (χ3v) is 4.50. The smallest absolute Gasteiger partial charge is 0.111 e. The van der Waals surface area contributed by atoms with Gasteiger partial charge in [0.1, 0.15) is 5.01 Å². The highest BCUT2D eigenvalue weighted by Gasteiger charge is 2.13. The maximum atomic E-state index is 6.31.